The summed E-state index contributed by atoms with van der Waals surface area (Å²) in [5.41, 5.74) is 0.937. The summed E-state index contributed by atoms with van der Waals surface area (Å²) in [6, 6.07) is 10.5. The zero-order chi connectivity index (χ0) is 17.0. The van der Waals surface area contributed by atoms with Crippen molar-refractivity contribution >= 4 is 23.2 Å². The highest BCUT2D eigenvalue weighted by Gasteiger charge is 2.18. The van der Waals surface area contributed by atoms with Crippen molar-refractivity contribution in [1.29, 1.82) is 0 Å². The summed E-state index contributed by atoms with van der Waals surface area (Å²) in [5.74, 6) is -0.261. The van der Waals surface area contributed by atoms with Gasteiger partial charge < -0.3 is 14.7 Å². The van der Waals surface area contributed by atoms with Gasteiger partial charge in [0.25, 0.3) is 0 Å². The van der Waals surface area contributed by atoms with Gasteiger partial charge in [-0.25, -0.2) is 4.39 Å². The number of aliphatic hydroxyl groups is 1. The minimum atomic E-state index is -1.07. The first-order valence-corrected chi connectivity index (χ1v) is 7.33. The van der Waals surface area contributed by atoms with Gasteiger partial charge in [0.2, 0.25) is 5.91 Å². The number of aliphatic hydroxyl groups excluding tert-OH is 1. The molecule has 0 aliphatic heterocycles. The van der Waals surface area contributed by atoms with Gasteiger partial charge in [-0.3, -0.25) is 4.79 Å². The molecule has 0 spiro atoms. The second kappa shape index (κ2) is 7.44. The average molecular weight is 338 g/mol. The Morgan fingerprint density at radius 3 is 2.70 bits per heavy atom. The fourth-order valence-electron chi connectivity index (χ4n) is 2.14. The Balaban J connectivity index is 2.09. The Hall–Kier alpha value is -2.11. The largest absolute Gasteiger partial charge is 0.495 e. The number of amides is 1. The van der Waals surface area contributed by atoms with Crippen molar-refractivity contribution < 1.29 is 19.0 Å². The van der Waals surface area contributed by atoms with Crippen molar-refractivity contribution in [3.05, 3.63) is 58.9 Å². The first-order valence-electron chi connectivity index (χ1n) is 6.96. The number of rotatable bonds is 5. The summed E-state index contributed by atoms with van der Waals surface area (Å²) in [6.45, 7) is 0. The number of methoxy groups -OCH3 is 1. The van der Waals surface area contributed by atoms with Crippen LogP contribution in [-0.4, -0.2) is 25.2 Å². The van der Waals surface area contributed by atoms with E-state index in [2.05, 4.69) is 0 Å². The first kappa shape index (κ1) is 17.2. The Labute approximate surface area is 139 Å². The first-order chi connectivity index (χ1) is 10.9. The summed E-state index contributed by atoms with van der Waals surface area (Å²) >= 11 is 6.04. The van der Waals surface area contributed by atoms with Crippen molar-refractivity contribution in [2.45, 2.75) is 12.5 Å². The minimum absolute atomic E-state index is 0.163. The summed E-state index contributed by atoms with van der Waals surface area (Å²) in [4.78, 5) is 13.7. The van der Waals surface area contributed by atoms with Gasteiger partial charge in [0.1, 0.15) is 11.6 Å². The molecule has 0 radical (unpaired) electrons. The van der Waals surface area contributed by atoms with Gasteiger partial charge in [-0.2, -0.15) is 0 Å². The van der Waals surface area contributed by atoms with E-state index in [9.17, 15) is 14.3 Å². The molecule has 0 heterocycles. The number of nitrogens with zero attached hydrogens (tertiary/aromatic N) is 1. The molecule has 0 aliphatic carbocycles. The van der Waals surface area contributed by atoms with Gasteiger partial charge in [-0.05, 0) is 35.9 Å². The van der Waals surface area contributed by atoms with Crippen LogP contribution in [0, 0.1) is 5.82 Å². The molecular formula is C17H17ClFNO3. The quantitative estimate of drug-likeness (QED) is 0.907. The van der Waals surface area contributed by atoms with Crippen LogP contribution < -0.4 is 9.64 Å². The van der Waals surface area contributed by atoms with Crippen LogP contribution in [0.15, 0.2) is 42.5 Å². The molecular weight excluding hydrogens is 321 g/mol. The number of ether oxygens (including phenoxy) is 1. The van der Waals surface area contributed by atoms with Gasteiger partial charge in [-0.1, -0.05) is 23.7 Å². The van der Waals surface area contributed by atoms with E-state index in [1.165, 1.54) is 30.2 Å². The number of anilines is 1. The number of benzene rings is 2. The fourth-order valence-corrected chi connectivity index (χ4v) is 2.39. The average Bonchev–Trinajstić information content (AvgIpc) is 2.53. The van der Waals surface area contributed by atoms with Crippen molar-refractivity contribution in [3.63, 3.8) is 0 Å². The molecule has 2 rings (SSSR count). The number of carbonyl (C=O) groups is 1. The van der Waals surface area contributed by atoms with E-state index >= 15 is 0 Å². The van der Waals surface area contributed by atoms with Crippen LogP contribution in [0.5, 0.6) is 5.75 Å². The molecule has 0 bridgehead atoms. The fraction of sp³-hybridized carbons (Fsp3) is 0.235. The Bertz CT molecular complexity index is 708. The van der Waals surface area contributed by atoms with E-state index in [1.54, 1.807) is 31.3 Å². The SMILES string of the molecule is COc1ccc(N(C)C(=O)CC(O)c2cccc(F)c2)cc1Cl. The molecule has 0 saturated carbocycles. The molecule has 2 aromatic carbocycles. The number of hydrogen-bond donors (Lipinski definition) is 1. The van der Waals surface area contributed by atoms with Crippen molar-refractivity contribution in [1.82, 2.24) is 0 Å². The molecule has 1 N–H and O–H groups in total. The molecule has 1 amide bonds. The van der Waals surface area contributed by atoms with Crippen LogP contribution >= 0.6 is 11.6 Å². The van der Waals surface area contributed by atoms with Crippen LogP contribution in [-0.2, 0) is 4.79 Å². The zero-order valence-corrected chi connectivity index (χ0v) is 13.5. The maximum Gasteiger partial charge on any atom is 0.229 e. The molecule has 122 valence electrons. The highest BCUT2D eigenvalue weighted by Crippen LogP contribution is 2.29. The normalized spacial score (nSPS) is 11.9. The zero-order valence-electron chi connectivity index (χ0n) is 12.8. The van der Waals surface area contributed by atoms with Crippen LogP contribution in [0.2, 0.25) is 5.02 Å². The van der Waals surface area contributed by atoms with Crippen molar-refractivity contribution in [2.24, 2.45) is 0 Å². The lowest BCUT2D eigenvalue weighted by Crippen LogP contribution is -2.27. The van der Waals surface area contributed by atoms with Crippen LogP contribution in [0.1, 0.15) is 18.1 Å². The smallest absolute Gasteiger partial charge is 0.229 e. The minimum Gasteiger partial charge on any atom is -0.495 e. The molecule has 2 aromatic rings. The van der Waals surface area contributed by atoms with Gasteiger partial charge >= 0.3 is 0 Å². The Kier molecular flexibility index (Phi) is 5.58. The van der Waals surface area contributed by atoms with E-state index in [-0.39, 0.29) is 12.3 Å². The van der Waals surface area contributed by atoms with Crippen LogP contribution in [0.25, 0.3) is 0 Å². The molecule has 6 heteroatoms. The topological polar surface area (TPSA) is 49.8 Å². The predicted molar refractivity (Wildman–Crippen MR) is 87.4 cm³/mol. The Morgan fingerprint density at radius 2 is 2.09 bits per heavy atom. The molecule has 0 aliphatic rings. The number of hydrogen-bond acceptors (Lipinski definition) is 3. The van der Waals surface area contributed by atoms with Gasteiger partial charge in [-0.15, -0.1) is 0 Å². The van der Waals surface area contributed by atoms with Gasteiger partial charge in [0, 0.05) is 12.7 Å². The maximum atomic E-state index is 13.2. The number of halogens is 2. The summed E-state index contributed by atoms with van der Waals surface area (Å²) in [6.07, 6.45) is -1.24. The summed E-state index contributed by atoms with van der Waals surface area (Å²) in [5, 5.41) is 10.5. The third-order valence-corrected chi connectivity index (χ3v) is 3.79. The standard InChI is InChI=1S/C17H17ClFNO3/c1-20(13-6-7-16(23-2)14(18)9-13)17(22)10-15(21)11-4-3-5-12(19)8-11/h3-9,15,21H,10H2,1-2H3. The van der Waals surface area contributed by atoms with E-state index in [1.807, 2.05) is 0 Å². The lowest BCUT2D eigenvalue weighted by molar-refractivity contribution is -0.120. The Morgan fingerprint density at radius 1 is 1.35 bits per heavy atom. The summed E-state index contributed by atoms with van der Waals surface area (Å²) in [7, 11) is 3.09. The maximum absolute atomic E-state index is 13.2. The molecule has 23 heavy (non-hydrogen) atoms. The van der Waals surface area contributed by atoms with Crippen LogP contribution in [0.4, 0.5) is 10.1 Å². The molecule has 4 nitrogen and oxygen atoms in total. The summed E-state index contributed by atoms with van der Waals surface area (Å²) < 4.78 is 18.2. The molecule has 0 fully saturated rings. The third kappa shape index (κ3) is 4.21. The van der Waals surface area contributed by atoms with Crippen LogP contribution in [0.3, 0.4) is 0 Å². The molecule has 1 unspecified atom stereocenters. The van der Waals surface area contributed by atoms with Gasteiger partial charge in [0.15, 0.2) is 0 Å². The van der Waals surface area contributed by atoms with E-state index < -0.39 is 11.9 Å². The number of carbonyl (C=O) groups excluding carboxylic acids is 1. The highest BCUT2D eigenvalue weighted by molar-refractivity contribution is 6.32. The van der Waals surface area contributed by atoms with Gasteiger partial charge in [0.05, 0.1) is 24.7 Å². The molecule has 1 atom stereocenters. The lowest BCUT2D eigenvalue weighted by atomic mass is 10.1. The second-order valence-corrected chi connectivity index (χ2v) is 5.45. The predicted octanol–water partition coefficient (Wildman–Crippen LogP) is 3.57. The van der Waals surface area contributed by atoms with Crippen molar-refractivity contribution in [3.8, 4) is 5.75 Å². The van der Waals surface area contributed by atoms with E-state index in [0.29, 0.717) is 22.0 Å². The highest BCUT2D eigenvalue weighted by atomic mass is 35.5. The van der Waals surface area contributed by atoms with E-state index in [4.69, 9.17) is 16.3 Å². The van der Waals surface area contributed by atoms with E-state index in [0.717, 1.165) is 0 Å². The van der Waals surface area contributed by atoms with Crippen molar-refractivity contribution in [2.75, 3.05) is 19.1 Å². The third-order valence-electron chi connectivity index (χ3n) is 3.50. The monoisotopic (exact) mass is 337 g/mol. The molecule has 0 saturated heterocycles. The lowest BCUT2D eigenvalue weighted by Gasteiger charge is -2.20. The second-order valence-electron chi connectivity index (χ2n) is 5.05. The molecule has 0 aromatic heterocycles.